The zero-order valence-electron chi connectivity index (χ0n) is 14.1. The van der Waals surface area contributed by atoms with Crippen LogP contribution in [0.4, 0.5) is 4.79 Å². The van der Waals surface area contributed by atoms with Gasteiger partial charge in [-0.2, -0.15) is 0 Å². The van der Waals surface area contributed by atoms with E-state index in [4.69, 9.17) is 9.84 Å². The molecule has 0 aliphatic rings. The van der Waals surface area contributed by atoms with E-state index in [1.807, 2.05) is 32.9 Å². The SMILES string of the molecule is Cc1cc(C)c(C(CC(=O)O)NC(=O)OC(C)(C)C)cc1C. The molecule has 0 aromatic heterocycles. The van der Waals surface area contributed by atoms with Gasteiger partial charge in [0.15, 0.2) is 0 Å². The molecule has 122 valence electrons. The maximum absolute atomic E-state index is 12.0. The first-order valence-electron chi connectivity index (χ1n) is 7.28. The van der Waals surface area contributed by atoms with Crippen molar-refractivity contribution in [3.8, 4) is 0 Å². The number of carbonyl (C=O) groups excluding carboxylic acids is 1. The van der Waals surface area contributed by atoms with E-state index in [1.165, 1.54) is 0 Å². The molecule has 5 nitrogen and oxygen atoms in total. The zero-order chi connectivity index (χ0) is 17.1. The summed E-state index contributed by atoms with van der Waals surface area (Å²) >= 11 is 0. The van der Waals surface area contributed by atoms with Crippen molar-refractivity contribution in [3.05, 3.63) is 34.4 Å². The number of carboxylic acid groups (broad SMARTS) is 1. The van der Waals surface area contributed by atoms with E-state index in [-0.39, 0.29) is 6.42 Å². The van der Waals surface area contributed by atoms with Crippen molar-refractivity contribution in [3.63, 3.8) is 0 Å². The summed E-state index contributed by atoms with van der Waals surface area (Å²) in [7, 11) is 0. The zero-order valence-corrected chi connectivity index (χ0v) is 14.1. The van der Waals surface area contributed by atoms with Crippen LogP contribution in [0, 0.1) is 20.8 Å². The molecule has 0 bridgehead atoms. The number of rotatable bonds is 4. The summed E-state index contributed by atoms with van der Waals surface area (Å²) in [5, 5.41) is 11.8. The minimum atomic E-state index is -0.973. The largest absolute Gasteiger partial charge is 0.481 e. The summed E-state index contributed by atoms with van der Waals surface area (Å²) in [6.07, 6.45) is -0.806. The second-order valence-electron chi connectivity index (χ2n) is 6.59. The Balaban J connectivity index is 3.06. The fourth-order valence-electron chi connectivity index (χ4n) is 2.22. The van der Waals surface area contributed by atoms with Gasteiger partial charge in [-0.15, -0.1) is 0 Å². The molecule has 1 amide bonds. The number of aryl methyl sites for hydroxylation is 3. The first kappa shape index (κ1) is 18.0. The van der Waals surface area contributed by atoms with Gasteiger partial charge in [-0.1, -0.05) is 12.1 Å². The van der Waals surface area contributed by atoms with Gasteiger partial charge in [0.1, 0.15) is 5.60 Å². The number of amides is 1. The molecule has 0 spiro atoms. The second-order valence-corrected chi connectivity index (χ2v) is 6.59. The van der Waals surface area contributed by atoms with E-state index >= 15 is 0 Å². The predicted octanol–water partition coefficient (Wildman–Crippen LogP) is 3.65. The van der Waals surface area contributed by atoms with E-state index in [1.54, 1.807) is 20.8 Å². The van der Waals surface area contributed by atoms with Crippen LogP contribution in [0.3, 0.4) is 0 Å². The molecule has 5 heteroatoms. The molecule has 0 radical (unpaired) electrons. The Labute approximate surface area is 131 Å². The molecular formula is C17H25NO4. The lowest BCUT2D eigenvalue weighted by molar-refractivity contribution is -0.137. The molecule has 1 rings (SSSR count). The number of carboxylic acids is 1. The third-order valence-corrected chi connectivity index (χ3v) is 3.33. The number of carbonyl (C=O) groups is 2. The molecule has 0 aliphatic carbocycles. The topological polar surface area (TPSA) is 75.6 Å². The average Bonchev–Trinajstić information content (AvgIpc) is 2.29. The number of alkyl carbamates (subject to hydrolysis) is 1. The van der Waals surface area contributed by atoms with Gasteiger partial charge < -0.3 is 15.2 Å². The van der Waals surface area contributed by atoms with Crippen LogP contribution in [-0.2, 0) is 9.53 Å². The van der Waals surface area contributed by atoms with Gasteiger partial charge >= 0.3 is 12.1 Å². The van der Waals surface area contributed by atoms with Crippen molar-refractivity contribution in [1.29, 1.82) is 0 Å². The van der Waals surface area contributed by atoms with E-state index in [9.17, 15) is 9.59 Å². The Morgan fingerprint density at radius 1 is 1.14 bits per heavy atom. The molecule has 0 fully saturated rings. The van der Waals surface area contributed by atoms with Crippen molar-refractivity contribution in [2.75, 3.05) is 0 Å². The maximum Gasteiger partial charge on any atom is 0.408 e. The first-order valence-corrected chi connectivity index (χ1v) is 7.28. The predicted molar refractivity (Wildman–Crippen MR) is 85.0 cm³/mol. The van der Waals surface area contributed by atoms with Crippen LogP contribution in [-0.4, -0.2) is 22.8 Å². The monoisotopic (exact) mass is 307 g/mol. The smallest absolute Gasteiger partial charge is 0.408 e. The number of hydrogen-bond donors (Lipinski definition) is 2. The highest BCUT2D eigenvalue weighted by Gasteiger charge is 2.23. The molecular weight excluding hydrogens is 282 g/mol. The van der Waals surface area contributed by atoms with Crippen LogP contribution < -0.4 is 5.32 Å². The Morgan fingerprint density at radius 2 is 1.68 bits per heavy atom. The Bertz CT molecular complexity index is 573. The van der Waals surface area contributed by atoms with E-state index < -0.39 is 23.7 Å². The summed E-state index contributed by atoms with van der Waals surface area (Å²) in [6, 6.07) is 3.30. The first-order chi connectivity index (χ1) is 9.99. The average molecular weight is 307 g/mol. The van der Waals surface area contributed by atoms with Crippen molar-refractivity contribution >= 4 is 12.1 Å². The molecule has 0 saturated heterocycles. The summed E-state index contributed by atoms with van der Waals surface area (Å²) in [5.41, 5.74) is 3.31. The lowest BCUT2D eigenvalue weighted by atomic mass is 9.94. The minimum Gasteiger partial charge on any atom is -0.481 e. The quantitative estimate of drug-likeness (QED) is 0.890. The van der Waals surface area contributed by atoms with E-state index in [2.05, 4.69) is 5.32 Å². The van der Waals surface area contributed by atoms with Crippen molar-refractivity contribution < 1.29 is 19.4 Å². The third-order valence-electron chi connectivity index (χ3n) is 3.33. The fourth-order valence-corrected chi connectivity index (χ4v) is 2.22. The number of nitrogens with one attached hydrogen (secondary N) is 1. The van der Waals surface area contributed by atoms with Crippen LogP contribution in [0.25, 0.3) is 0 Å². The third kappa shape index (κ3) is 5.39. The summed E-state index contributed by atoms with van der Waals surface area (Å²) in [5.74, 6) is -0.973. The molecule has 1 unspecified atom stereocenters. The van der Waals surface area contributed by atoms with Gasteiger partial charge in [0.05, 0.1) is 12.5 Å². The van der Waals surface area contributed by atoms with E-state index in [0.717, 1.165) is 22.3 Å². The van der Waals surface area contributed by atoms with Crippen LogP contribution in [0.1, 0.15) is 55.5 Å². The molecule has 0 aliphatic heterocycles. The van der Waals surface area contributed by atoms with Crippen LogP contribution in [0.5, 0.6) is 0 Å². The molecule has 0 heterocycles. The van der Waals surface area contributed by atoms with Gasteiger partial charge in [0.25, 0.3) is 0 Å². The number of ether oxygens (including phenoxy) is 1. The lowest BCUT2D eigenvalue weighted by Gasteiger charge is -2.24. The molecule has 2 N–H and O–H groups in total. The van der Waals surface area contributed by atoms with Crippen molar-refractivity contribution in [1.82, 2.24) is 5.32 Å². The summed E-state index contributed by atoms with van der Waals surface area (Å²) in [4.78, 5) is 23.1. The summed E-state index contributed by atoms with van der Waals surface area (Å²) < 4.78 is 5.22. The normalized spacial score (nSPS) is 12.6. The summed E-state index contributed by atoms with van der Waals surface area (Å²) in [6.45, 7) is 11.2. The Morgan fingerprint density at radius 3 is 2.18 bits per heavy atom. The second kappa shape index (κ2) is 6.81. The highest BCUT2D eigenvalue weighted by molar-refractivity contribution is 5.72. The van der Waals surface area contributed by atoms with Gasteiger partial charge in [-0.3, -0.25) is 4.79 Å². The number of hydrogen-bond acceptors (Lipinski definition) is 3. The van der Waals surface area contributed by atoms with Crippen molar-refractivity contribution in [2.24, 2.45) is 0 Å². The molecule has 22 heavy (non-hydrogen) atoms. The van der Waals surface area contributed by atoms with Gasteiger partial charge in [-0.05, 0) is 63.8 Å². The van der Waals surface area contributed by atoms with Gasteiger partial charge in [-0.25, -0.2) is 4.79 Å². The van der Waals surface area contributed by atoms with Gasteiger partial charge in [0.2, 0.25) is 0 Å². The van der Waals surface area contributed by atoms with Crippen LogP contribution >= 0.6 is 0 Å². The lowest BCUT2D eigenvalue weighted by Crippen LogP contribution is -2.36. The van der Waals surface area contributed by atoms with E-state index in [0.29, 0.717) is 0 Å². The Kier molecular flexibility index (Phi) is 5.58. The minimum absolute atomic E-state index is 0.192. The molecule has 1 atom stereocenters. The maximum atomic E-state index is 12.0. The fraction of sp³-hybridized carbons (Fsp3) is 0.529. The van der Waals surface area contributed by atoms with Gasteiger partial charge in [0, 0.05) is 0 Å². The molecule has 1 aromatic carbocycles. The highest BCUT2D eigenvalue weighted by atomic mass is 16.6. The van der Waals surface area contributed by atoms with Crippen molar-refractivity contribution in [2.45, 2.75) is 59.6 Å². The highest BCUT2D eigenvalue weighted by Crippen LogP contribution is 2.25. The van der Waals surface area contributed by atoms with Crippen LogP contribution in [0.15, 0.2) is 12.1 Å². The number of benzene rings is 1. The molecule has 1 aromatic rings. The van der Waals surface area contributed by atoms with Crippen LogP contribution in [0.2, 0.25) is 0 Å². The standard InChI is InChI=1S/C17H25NO4/c1-10-7-12(3)13(8-11(10)2)14(9-15(19)20)18-16(21)22-17(4,5)6/h7-8,14H,9H2,1-6H3,(H,18,21)(H,19,20). The number of aliphatic carboxylic acids is 1. The Hall–Kier alpha value is -2.04. The molecule has 0 saturated carbocycles.